The summed E-state index contributed by atoms with van der Waals surface area (Å²) in [5.74, 6) is 0.0553. The van der Waals surface area contributed by atoms with Crippen LogP contribution in [0.2, 0.25) is 0 Å². The highest BCUT2D eigenvalue weighted by atomic mass is 32.1. The van der Waals surface area contributed by atoms with Gasteiger partial charge in [-0.1, -0.05) is 20.8 Å². The maximum absolute atomic E-state index is 12.5. The number of amides is 1. The molecule has 108 valence electrons. The third-order valence-corrected chi connectivity index (χ3v) is 4.95. The summed E-state index contributed by atoms with van der Waals surface area (Å²) in [7, 11) is 0. The minimum Gasteiger partial charge on any atom is -0.346 e. The van der Waals surface area contributed by atoms with Crippen molar-refractivity contribution in [3.8, 4) is 0 Å². The first-order chi connectivity index (χ1) is 9.02. The third-order valence-electron chi connectivity index (χ3n) is 3.87. The van der Waals surface area contributed by atoms with Crippen LogP contribution in [-0.4, -0.2) is 17.4 Å². The zero-order valence-electron chi connectivity index (χ0n) is 12.3. The molecule has 0 aliphatic carbocycles. The number of aryl methyl sites for hydroxylation is 1. The van der Waals surface area contributed by atoms with E-state index in [0.717, 1.165) is 30.0 Å². The van der Waals surface area contributed by atoms with Gasteiger partial charge >= 0.3 is 0 Å². The smallest absolute Gasteiger partial charge is 0.228 e. The van der Waals surface area contributed by atoms with Gasteiger partial charge in [-0.25, -0.2) is 4.98 Å². The first-order valence-corrected chi connectivity index (χ1v) is 7.84. The molecular formula is C14H25N3OS. The predicted octanol–water partition coefficient (Wildman–Crippen LogP) is 2.78. The maximum Gasteiger partial charge on any atom is 0.228 e. The van der Waals surface area contributed by atoms with Crippen LogP contribution in [0.5, 0.6) is 0 Å². The first-order valence-electron chi connectivity index (χ1n) is 6.96. The highest BCUT2D eigenvalue weighted by molar-refractivity contribution is 7.09. The Morgan fingerprint density at radius 2 is 2.11 bits per heavy atom. The average molecular weight is 283 g/mol. The van der Waals surface area contributed by atoms with Crippen LogP contribution in [0.4, 0.5) is 0 Å². The topological polar surface area (TPSA) is 68.0 Å². The first kappa shape index (κ1) is 16.1. The van der Waals surface area contributed by atoms with Crippen molar-refractivity contribution in [1.82, 2.24) is 10.3 Å². The fraction of sp³-hybridized carbons (Fsp3) is 0.714. The number of hydrogen-bond acceptors (Lipinski definition) is 4. The Labute approximate surface area is 119 Å². The summed E-state index contributed by atoms with van der Waals surface area (Å²) >= 11 is 1.60. The molecule has 0 aliphatic heterocycles. The van der Waals surface area contributed by atoms with Gasteiger partial charge in [-0.15, -0.1) is 11.3 Å². The van der Waals surface area contributed by atoms with Gasteiger partial charge in [0.25, 0.3) is 0 Å². The lowest BCUT2D eigenvalue weighted by molar-refractivity contribution is -0.131. The predicted molar refractivity (Wildman–Crippen MR) is 80.1 cm³/mol. The molecule has 3 N–H and O–H groups in total. The molecule has 1 amide bonds. The summed E-state index contributed by atoms with van der Waals surface area (Å²) in [6.45, 7) is 8.45. The highest BCUT2D eigenvalue weighted by Crippen LogP contribution is 2.28. The van der Waals surface area contributed by atoms with Gasteiger partial charge < -0.3 is 11.1 Å². The Balaban J connectivity index is 2.83. The lowest BCUT2D eigenvalue weighted by Gasteiger charge is -2.30. The van der Waals surface area contributed by atoms with Gasteiger partial charge in [-0.2, -0.15) is 0 Å². The fourth-order valence-corrected chi connectivity index (χ4v) is 3.07. The molecule has 19 heavy (non-hydrogen) atoms. The molecule has 0 bridgehead atoms. The molecule has 1 aromatic rings. The largest absolute Gasteiger partial charge is 0.346 e. The number of hydrogen-bond donors (Lipinski definition) is 2. The molecule has 0 aliphatic rings. The van der Waals surface area contributed by atoms with Crippen molar-refractivity contribution >= 4 is 17.2 Å². The molecule has 1 atom stereocenters. The van der Waals surface area contributed by atoms with E-state index in [4.69, 9.17) is 5.73 Å². The second kappa shape index (κ2) is 7.01. The molecule has 0 spiro atoms. The zero-order valence-corrected chi connectivity index (χ0v) is 13.1. The molecule has 1 rings (SSSR count). The van der Waals surface area contributed by atoms with Gasteiger partial charge in [0.2, 0.25) is 5.91 Å². The summed E-state index contributed by atoms with van der Waals surface area (Å²) in [6, 6.07) is -0.00442. The van der Waals surface area contributed by atoms with E-state index in [-0.39, 0.29) is 11.9 Å². The Morgan fingerprint density at radius 3 is 2.47 bits per heavy atom. The molecule has 1 unspecified atom stereocenters. The molecule has 0 fully saturated rings. The van der Waals surface area contributed by atoms with E-state index >= 15 is 0 Å². The standard InChI is InChI=1S/C14H25N3OS/c1-5-11(12-16-10(4)8-19-12)17-13(18)14(6-2,7-3)9-15/h8,11H,5-7,9,15H2,1-4H3,(H,17,18). The van der Waals surface area contributed by atoms with Crippen LogP contribution in [0.25, 0.3) is 0 Å². The van der Waals surface area contributed by atoms with E-state index in [1.54, 1.807) is 11.3 Å². The number of thiazole rings is 1. The number of nitrogens with two attached hydrogens (primary N) is 1. The Hall–Kier alpha value is -0.940. The molecule has 1 heterocycles. The second-order valence-corrected chi connectivity index (χ2v) is 5.84. The number of carbonyl (C=O) groups is 1. The lowest BCUT2D eigenvalue weighted by atomic mass is 9.81. The van der Waals surface area contributed by atoms with Gasteiger partial charge in [0, 0.05) is 17.6 Å². The third kappa shape index (κ3) is 3.54. The van der Waals surface area contributed by atoms with Crippen LogP contribution in [0.3, 0.4) is 0 Å². The Kier molecular flexibility index (Phi) is 5.94. The number of rotatable bonds is 7. The van der Waals surface area contributed by atoms with Crippen LogP contribution in [-0.2, 0) is 4.79 Å². The van der Waals surface area contributed by atoms with Crippen molar-refractivity contribution in [3.63, 3.8) is 0 Å². The van der Waals surface area contributed by atoms with E-state index in [1.165, 1.54) is 0 Å². The van der Waals surface area contributed by atoms with Crippen molar-refractivity contribution in [2.24, 2.45) is 11.1 Å². The summed E-state index contributed by atoms with van der Waals surface area (Å²) < 4.78 is 0. The van der Waals surface area contributed by atoms with Crippen LogP contribution in [0, 0.1) is 12.3 Å². The van der Waals surface area contributed by atoms with Crippen molar-refractivity contribution in [3.05, 3.63) is 16.1 Å². The van der Waals surface area contributed by atoms with E-state index in [9.17, 15) is 4.79 Å². The molecule has 4 nitrogen and oxygen atoms in total. The minimum atomic E-state index is -0.445. The summed E-state index contributed by atoms with van der Waals surface area (Å²) in [6.07, 6.45) is 2.37. The normalized spacial score (nSPS) is 13.3. The Bertz CT molecular complexity index is 404. The van der Waals surface area contributed by atoms with E-state index in [2.05, 4.69) is 17.2 Å². The van der Waals surface area contributed by atoms with Crippen LogP contribution < -0.4 is 11.1 Å². The summed E-state index contributed by atoms with van der Waals surface area (Å²) in [4.78, 5) is 17.0. The van der Waals surface area contributed by atoms with E-state index < -0.39 is 5.41 Å². The van der Waals surface area contributed by atoms with Crippen LogP contribution in [0.1, 0.15) is 56.8 Å². The van der Waals surface area contributed by atoms with Gasteiger partial charge in [-0.3, -0.25) is 4.79 Å². The fourth-order valence-electron chi connectivity index (χ4n) is 2.13. The number of nitrogens with one attached hydrogen (secondary N) is 1. The van der Waals surface area contributed by atoms with Crippen molar-refractivity contribution < 1.29 is 4.79 Å². The number of carbonyl (C=O) groups excluding carboxylic acids is 1. The molecule has 1 aromatic heterocycles. The van der Waals surface area contributed by atoms with Crippen molar-refractivity contribution in [2.45, 2.75) is 53.0 Å². The number of aromatic nitrogens is 1. The summed E-state index contributed by atoms with van der Waals surface area (Å²) in [5.41, 5.74) is 6.37. The van der Waals surface area contributed by atoms with E-state index in [0.29, 0.717) is 6.54 Å². The average Bonchev–Trinajstić information content (AvgIpc) is 2.85. The molecular weight excluding hydrogens is 258 g/mol. The van der Waals surface area contributed by atoms with Gasteiger partial charge in [0.15, 0.2) is 0 Å². The zero-order chi connectivity index (χ0) is 14.5. The SMILES string of the molecule is CCC(NC(=O)C(CC)(CC)CN)c1nc(C)cs1. The molecule has 0 aromatic carbocycles. The summed E-state index contributed by atoms with van der Waals surface area (Å²) in [5, 5.41) is 6.11. The quantitative estimate of drug-likeness (QED) is 0.808. The van der Waals surface area contributed by atoms with Crippen LogP contribution >= 0.6 is 11.3 Å². The van der Waals surface area contributed by atoms with Crippen molar-refractivity contribution in [2.75, 3.05) is 6.54 Å². The maximum atomic E-state index is 12.5. The van der Waals surface area contributed by atoms with E-state index in [1.807, 2.05) is 26.2 Å². The highest BCUT2D eigenvalue weighted by Gasteiger charge is 2.34. The minimum absolute atomic E-state index is 0.00442. The van der Waals surface area contributed by atoms with Gasteiger partial charge in [-0.05, 0) is 26.2 Å². The van der Waals surface area contributed by atoms with Gasteiger partial charge in [0.05, 0.1) is 11.5 Å². The molecule has 5 heteroatoms. The van der Waals surface area contributed by atoms with Crippen molar-refractivity contribution in [1.29, 1.82) is 0 Å². The molecule has 0 radical (unpaired) electrons. The Morgan fingerprint density at radius 1 is 1.47 bits per heavy atom. The monoisotopic (exact) mass is 283 g/mol. The lowest BCUT2D eigenvalue weighted by Crippen LogP contribution is -2.46. The molecule has 0 saturated carbocycles. The molecule has 0 saturated heterocycles. The number of nitrogens with zero attached hydrogens (tertiary/aromatic N) is 1. The van der Waals surface area contributed by atoms with Crippen LogP contribution in [0.15, 0.2) is 5.38 Å². The van der Waals surface area contributed by atoms with Gasteiger partial charge in [0.1, 0.15) is 5.01 Å². The second-order valence-electron chi connectivity index (χ2n) is 4.95.